The van der Waals surface area contributed by atoms with Crippen LogP contribution < -0.4 is 16.6 Å². The summed E-state index contributed by atoms with van der Waals surface area (Å²) in [6.45, 7) is 2.81. The molecule has 1 fully saturated rings. The van der Waals surface area contributed by atoms with Gasteiger partial charge < -0.3 is 10.7 Å². The lowest BCUT2D eigenvalue weighted by Crippen LogP contribution is -2.30. The van der Waals surface area contributed by atoms with E-state index in [-0.39, 0.29) is 22.8 Å². The van der Waals surface area contributed by atoms with E-state index in [1.54, 1.807) is 0 Å². The summed E-state index contributed by atoms with van der Waals surface area (Å²) >= 11 is 0. The predicted octanol–water partition coefficient (Wildman–Crippen LogP) is 2.05. The first kappa shape index (κ1) is 15.2. The van der Waals surface area contributed by atoms with Crippen LogP contribution in [0.2, 0.25) is 0 Å². The van der Waals surface area contributed by atoms with Crippen LogP contribution in [0, 0.1) is 22.0 Å². The van der Waals surface area contributed by atoms with Gasteiger partial charge in [0.1, 0.15) is 5.69 Å². The maximum atomic E-state index is 12.1. The standard InChI is InChI=1S/C14H20N4O3/c1-9-3-2-4-11(9)8-16-14(19)10-5-6-12(17-15)13(7-10)18(20)21/h5-7,9,11,17H,2-4,8,15H2,1H3,(H,16,19). The van der Waals surface area contributed by atoms with Crippen molar-refractivity contribution in [1.82, 2.24) is 5.32 Å². The number of hydrazine groups is 1. The minimum Gasteiger partial charge on any atom is -0.352 e. The largest absolute Gasteiger partial charge is 0.352 e. The van der Waals surface area contributed by atoms with E-state index in [0.717, 1.165) is 6.42 Å². The molecule has 1 aromatic rings. The highest BCUT2D eigenvalue weighted by atomic mass is 16.6. The van der Waals surface area contributed by atoms with E-state index in [1.165, 1.54) is 31.0 Å². The molecular weight excluding hydrogens is 272 g/mol. The third kappa shape index (κ3) is 3.49. The molecule has 4 N–H and O–H groups in total. The molecule has 0 aromatic heterocycles. The lowest BCUT2D eigenvalue weighted by molar-refractivity contribution is -0.384. The molecule has 0 radical (unpaired) electrons. The number of nitrogens with two attached hydrogens (primary N) is 1. The third-order valence-electron chi connectivity index (χ3n) is 4.18. The average Bonchev–Trinajstić information content (AvgIpc) is 2.89. The monoisotopic (exact) mass is 292 g/mol. The molecule has 1 aliphatic carbocycles. The first-order chi connectivity index (χ1) is 10.0. The van der Waals surface area contributed by atoms with E-state index in [0.29, 0.717) is 18.4 Å². The van der Waals surface area contributed by atoms with Crippen molar-refractivity contribution in [1.29, 1.82) is 0 Å². The van der Waals surface area contributed by atoms with Crippen molar-refractivity contribution in [2.24, 2.45) is 17.7 Å². The van der Waals surface area contributed by atoms with Crippen molar-refractivity contribution < 1.29 is 9.72 Å². The van der Waals surface area contributed by atoms with Gasteiger partial charge in [-0.05, 0) is 30.4 Å². The number of nitrogens with zero attached hydrogens (tertiary/aromatic N) is 1. The molecule has 2 atom stereocenters. The fourth-order valence-electron chi connectivity index (χ4n) is 2.80. The number of hydrogen-bond acceptors (Lipinski definition) is 5. The van der Waals surface area contributed by atoms with Crippen molar-refractivity contribution in [3.8, 4) is 0 Å². The quantitative estimate of drug-likeness (QED) is 0.437. The SMILES string of the molecule is CC1CCCC1CNC(=O)c1ccc(NN)c([N+](=O)[O-])c1. The van der Waals surface area contributed by atoms with E-state index < -0.39 is 4.92 Å². The van der Waals surface area contributed by atoms with Gasteiger partial charge in [0.05, 0.1) is 4.92 Å². The number of amides is 1. The first-order valence-electron chi connectivity index (χ1n) is 7.06. The van der Waals surface area contributed by atoms with Gasteiger partial charge in [0.25, 0.3) is 11.6 Å². The Labute approximate surface area is 123 Å². The van der Waals surface area contributed by atoms with Gasteiger partial charge in [0, 0.05) is 18.2 Å². The molecule has 1 aliphatic rings. The number of carbonyl (C=O) groups is 1. The Morgan fingerprint density at radius 3 is 2.81 bits per heavy atom. The molecule has 7 heteroatoms. The number of rotatable bonds is 5. The van der Waals surface area contributed by atoms with Crippen LogP contribution in [0.1, 0.15) is 36.5 Å². The molecule has 0 bridgehead atoms. The Balaban J connectivity index is 2.05. The topological polar surface area (TPSA) is 110 Å². The Bertz CT molecular complexity index is 547. The number of benzene rings is 1. The van der Waals surface area contributed by atoms with Crippen LogP contribution in [-0.4, -0.2) is 17.4 Å². The summed E-state index contributed by atoms with van der Waals surface area (Å²) in [6, 6.07) is 4.20. The molecule has 114 valence electrons. The van der Waals surface area contributed by atoms with Gasteiger partial charge in [-0.15, -0.1) is 0 Å². The van der Waals surface area contributed by atoms with Crippen LogP contribution in [0.4, 0.5) is 11.4 Å². The zero-order valence-electron chi connectivity index (χ0n) is 12.0. The molecular formula is C14H20N4O3. The highest BCUT2D eigenvalue weighted by Crippen LogP contribution is 2.30. The van der Waals surface area contributed by atoms with Crippen LogP contribution in [0.25, 0.3) is 0 Å². The number of hydrogen-bond donors (Lipinski definition) is 3. The molecule has 1 amide bonds. The van der Waals surface area contributed by atoms with Gasteiger partial charge >= 0.3 is 0 Å². The van der Waals surface area contributed by atoms with Gasteiger partial charge in [-0.3, -0.25) is 20.8 Å². The number of nitro groups is 1. The highest BCUT2D eigenvalue weighted by Gasteiger charge is 2.24. The summed E-state index contributed by atoms with van der Waals surface area (Å²) in [5, 5.41) is 13.8. The van der Waals surface area contributed by atoms with Crippen LogP contribution in [-0.2, 0) is 0 Å². The van der Waals surface area contributed by atoms with Crippen molar-refractivity contribution in [3.05, 3.63) is 33.9 Å². The summed E-state index contributed by atoms with van der Waals surface area (Å²) in [5.41, 5.74) is 2.49. The maximum absolute atomic E-state index is 12.1. The Morgan fingerprint density at radius 1 is 1.48 bits per heavy atom. The predicted molar refractivity (Wildman–Crippen MR) is 79.7 cm³/mol. The van der Waals surface area contributed by atoms with Crippen molar-refractivity contribution in [3.63, 3.8) is 0 Å². The van der Waals surface area contributed by atoms with Crippen LogP contribution >= 0.6 is 0 Å². The Hall–Kier alpha value is -2.15. The summed E-state index contributed by atoms with van der Waals surface area (Å²) in [7, 11) is 0. The van der Waals surface area contributed by atoms with Gasteiger partial charge in [-0.2, -0.15) is 0 Å². The zero-order chi connectivity index (χ0) is 15.4. The molecule has 0 spiro atoms. The van der Waals surface area contributed by atoms with Gasteiger partial charge in [0.15, 0.2) is 0 Å². The summed E-state index contributed by atoms with van der Waals surface area (Å²) in [6.07, 6.45) is 3.52. The molecule has 1 saturated carbocycles. The average molecular weight is 292 g/mol. The minimum atomic E-state index is -0.564. The zero-order valence-corrected chi connectivity index (χ0v) is 12.0. The van der Waals surface area contributed by atoms with Crippen LogP contribution in [0.3, 0.4) is 0 Å². The summed E-state index contributed by atoms with van der Waals surface area (Å²) in [5.74, 6) is 6.03. The molecule has 2 rings (SSSR count). The van der Waals surface area contributed by atoms with Crippen LogP contribution in [0.15, 0.2) is 18.2 Å². The third-order valence-corrected chi connectivity index (χ3v) is 4.18. The summed E-state index contributed by atoms with van der Waals surface area (Å²) < 4.78 is 0. The normalized spacial score (nSPS) is 21.0. The first-order valence-corrected chi connectivity index (χ1v) is 7.06. The van der Waals surface area contributed by atoms with Crippen molar-refractivity contribution >= 4 is 17.3 Å². The molecule has 2 unspecified atom stereocenters. The van der Waals surface area contributed by atoms with Crippen molar-refractivity contribution in [2.75, 3.05) is 12.0 Å². The smallest absolute Gasteiger partial charge is 0.294 e. The Kier molecular flexibility index (Phi) is 4.74. The van der Waals surface area contributed by atoms with E-state index in [4.69, 9.17) is 5.84 Å². The second-order valence-electron chi connectivity index (χ2n) is 5.51. The van der Waals surface area contributed by atoms with E-state index in [2.05, 4.69) is 17.7 Å². The van der Waals surface area contributed by atoms with Crippen molar-refractivity contribution in [2.45, 2.75) is 26.2 Å². The number of carbonyl (C=O) groups excluding carboxylic acids is 1. The fraction of sp³-hybridized carbons (Fsp3) is 0.500. The number of nitrogens with one attached hydrogen (secondary N) is 2. The molecule has 7 nitrogen and oxygen atoms in total. The lowest BCUT2D eigenvalue weighted by Gasteiger charge is -2.16. The molecule has 0 aliphatic heterocycles. The second kappa shape index (κ2) is 6.53. The van der Waals surface area contributed by atoms with Gasteiger partial charge in [-0.25, -0.2) is 0 Å². The van der Waals surface area contributed by atoms with Gasteiger partial charge in [-0.1, -0.05) is 19.8 Å². The number of anilines is 1. The number of nitro benzene ring substituents is 1. The van der Waals surface area contributed by atoms with E-state index >= 15 is 0 Å². The summed E-state index contributed by atoms with van der Waals surface area (Å²) in [4.78, 5) is 22.5. The molecule has 1 aromatic carbocycles. The highest BCUT2D eigenvalue weighted by molar-refractivity contribution is 5.95. The van der Waals surface area contributed by atoms with Gasteiger partial charge in [0.2, 0.25) is 0 Å². The molecule has 21 heavy (non-hydrogen) atoms. The minimum absolute atomic E-state index is 0.181. The molecule has 0 saturated heterocycles. The molecule has 0 heterocycles. The van der Waals surface area contributed by atoms with Crippen LogP contribution in [0.5, 0.6) is 0 Å². The lowest BCUT2D eigenvalue weighted by atomic mass is 9.98. The van der Waals surface area contributed by atoms with E-state index in [9.17, 15) is 14.9 Å². The fourth-order valence-corrected chi connectivity index (χ4v) is 2.80. The van der Waals surface area contributed by atoms with E-state index in [1.807, 2.05) is 0 Å². The maximum Gasteiger partial charge on any atom is 0.294 e. The Morgan fingerprint density at radius 2 is 2.24 bits per heavy atom. The number of nitrogen functional groups attached to an aromatic ring is 1. The second-order valence-corrected chi connectivity index (χ2v) is 5.51.